The Kier molecular flexibility index (Phi) is 5.98. The molecule has 0 unspecified atom stereocenters. The number of carbonyl (C=O) groups excluding carboxylic acids is 1. The van der Waals surface area contributed by atoms with Gasteiger partial charge in [-0.05, 0) is 34.1 Å². The molecule has 9 heteroatoms. The quantitative estimate of drug-likeness (QED) is 0.551. The molecule has 0 aliphatic carbocycles. The molecule has 0 saturated carbocycles. The van der Waals surface area contributed by atoms with Crippen molar-refractivity contribution in [3.63, 3.8) is 0 Å². The lowest BCUT2D eigenvalue weighted by atomic mass is 9.96. The molecule has 0 spiro atoms. The molecule has 2 aliphatic rings. The highest BCUT2D eigenvalue weighted by molar-refractivity contribution is 7.89. The van der Waals surface area contributed by atoms with E-state index < -0.39 is 10.0 Å². The first-order valence-corrected chi connectivity index (χ1v) is 10.4. The third-order valence-electron chi connectivity index (χ3n) is 4.70. The van der Waals surface area contributed by atoms with E-state index in [0.717, 1.165) is 0 Å². The lowest BCUT2D eigenvalue weighted by Crippen LogP contribution is -2.66. The summed E-state index contributed by atoms with van der Waals surface area (Å²) in [7, 11) is -1.40. The maximum atomic E-state index is 12.6. The molecular formula is C16H31N5O3S. The molecule has 1 N–H and O–H groups in total. The highest BCUT2D eigenvalue weighted by Gasteiger charge is 2.40. The van der Waals surface area contributed by atoms with Crippen LogP contribution in [0.25, 0.3) is 0 Å². The number of guanidine groups is 1. The maximum absolute atomic E-state index is 12.6. The van der Waals surface area contributed by atoms with Crippen molar-refractivity contribution in [3.8, 4) is 0 Å². The number of hydrogen-bond acceptors (Lipinski definition) is 4. The molecule has 2 heterocycles. The van der Waals surface area contributed by atoms with E-state index in [1.165, 1.54) is 4.31 Å². The van der Waals surface area contributed by atoms with Gasteiger partial charge in [0.25, 0.3) is 0 Å². The van der Waals surface area contributed by atoms with E-state index in [-0.39, 0.29) is 29.8 Å². The Morgan fingerprint density at radius 2 is 2.04 bits per heavy atom. The highest BCUT2D eigenvalue weighted by atomic mass is 32.2. The first-order chi connectivity index (χ1) is 11.6. The molecule has 0 radical (unpaired) electrons. The van der Waals surface area contributed by atoms with E-state index in [9.17, 15) is 13.2 Å². The van der Waals surface area contributed by atoms with Crippen LogP contribution in [0, 0.1) is 0 Å². The van der Waals surface area contributed by atoms with Gasteiger partial charge in [0.1, 0.15) is 0 Å². The second kappa shape index (κ2) is 7.49. The average Bonchev–Trinajstić information content (AvgIpc) is 2.80. The van der Waals surface area contributed by atoms with E-state index >= 15 is 0 Å². The van der Waals surface area contributed by atoms with Gasteiger partial charge in [0.05, 0.1) is 17.8 Å². The number of rotatable bonds is 4. The van der Waals surface area contributed by atoms with Gasteiger partial charge in [0.2, 0.25) is 15.9 Å². The van der Waals surface area contributed by atoms with Gasteiger partial charge in [-0.1, -0.05) is 0 Å². The Bertz CT molecular complexity index is 630. The molecule has 0 aromatic rings. The lowest BCUT2D eigenvalue weighted by Gasteiger charge is -2.49. The first-order valence-electron chi connectivity index (χ1n) is 8.84. The van der Waals surface area contributed by atoms with Gasteiger partial charge in [-0.15, -0.1) is 0 Å². The van der Waals surface area contributed by atoms with E-state index in [1.54, 1.807) is 7.05 Å². The fourth-order valence-corrected chi connectivity index (χ4v) is 5.41. The maximum Gasteiger partial charge on any atom is 0.242 e. The fourth-order valence-electron chi connectivity index (χ4n) is 3.88. The van der Waals surface area contributed by atoms with Crippen LogP contribution in [0.3, 0.4) is 0 Å². The molecule has 25 heavy (non-hydrogen) atoms. The largest absolute Gasteiger partial charge is 0.355 e. The average molecular weight is 374 g/mol. The van der Waals surface area contributed by atoms with Crippen LogP contribution in [-0.4, -0.2) is 91.5 Å². The minimum absolute atomic E-state index is 0.0799. The number of amides is 1. The first kappa shape index (κ1) is 20.0. The molecule has 8 nitrogen and oxygen atoms in total. The van der Waals surface area contributed by atoms with Crippen molar-refractivity contribution < 1.29 is 13.2 Å². The van der Waals surface area contributed by atoms with Crippen molar-refractivity contribution in [2.45, 2.75) is 45.7 Å². The number of sulfonamides is 1. The Hall–Kier alpha value is -1.35. The van der Waals surface area contributed by atoms with Crippen molar-refractivity contribution in [2.24, 2.45) is 4.99 Å². The molecule has 0 aromatic heterocycles. The summed E-state index contributed by atoms with van der Waals surface area (Å²) < 4.78 is 25.2. The summed E-state index contributed by atoms with van der Waals surface area (Å²) >= 11 is 0. The topological polar surface area (TPSA) is 85.3 Å². The molecule has 1 amide bonds. The summed E-state index contributed by atoms with van der Waals surface area (Å²) in [4.78, 5) is 20.7. The molecule has 2 aliphatic heterocycles. The molecule has 0 bridgehead atoms. The van der Waals surface area contributed by atoms with Gasteiger partial charge in [-0.3, -0.25) is 9.79 Å². The second-order valence-electron chi connectivity index (χ2n) is 7.57. The fraction of sp³-hybridized carbons (Fsp3) is 0.875. The van der Waals surface area contributed by atoms with Crippen LogP contribution in [0.5, 0.6) is 0 Å². The standard InChI is InChI=1S/C16H31N5O3S/c1-13(2)21-14(22)11-19(12-16(21,3)4)15(17-5)18-7-9-20-8-6-10-25(20,23)24/h13H,6-12H2,1-5H3,(H,17,18). The molecule has 2 saturated heterocycles. The summed E-state index contributed by atoms with van der Waals surface area (Å²) in [6, 6.07) is 0.153. The summed E-state index contributed by atoms with van der Waals surface area (Å²) in [6.07, 6.45) is 0.691. The van der Waals surface area contributed by atoms with Crippen LogP contribution in [0.15, 0.2) is 4.99 Å². The third kappa shape index (κ3) is 4.44. The molecule has 2 fully saturated rings. The van der Waals surface area contributed by atoms with Gasteiger partial charge in [0, 0.05) is 39.3 Å². The van der Waals surface area contributed by atoms with Crippen LogP contribution in [0.2, 0.25) is 0 Å². The zero-order valence-corrected chi connectivity index (χ0v) is 16.8. The second-order valence-corrected chi connectivity index (χ2v) is 9.66. The van der Waals surface area contributed by atoms with Crippen molar-refractivity contribution in [2.75, 3.05) is 45.5 Å². The SMILES string of the molecule is CN=C(NCCN1CCCS1(=O)=O)N1CC(=O)N(C(C)C)C(C)(C)C1. The third-order valence-corrected chi connectivity index (χ3v) is 6.66. The van der Waals surface area contributed by atoms with Crippen LogP contribution >= 0.6 is 0 Å². The number of nitrogens with zero attached hydrogens (tertiary/aromatic N) is 4. The number of nitrogens with one attached hydrogen (secondary N) is 1. The summed E-state index contributed by atoms with van der Waals surface area (Å²) in [5, 5.41) is 3.21. The van der Waals surface area contributed by atoms with Crippen LogP contribution < -0.4 is 5.32 Å². The van der Waals surface area contributed by atoms with E-state index in [2.05, 4.69) is 24.2 Å². The van der Waals surface area contributed by atoms with Crippen molar-refractivity contribution >= 4 is 21.9 Å². The molecule has 2 rings (SSSR count). The highest BCUT2D eigenvalue weighted by Crippen LogP contribution is 2.24. The Morgan fingerprint density at radius 3 is 2.52 bits per heavy atom. The van der Waals surface area contributed by atoms with Gasteiger partial charge >= 0.3 is 0 Å². The zero-order chi connectivity index (χ0) is 18.8. The monoisotopic (exact) mass is 373 g/mol. The van der Waals surface area contributed by atoms with Crippen molar-refractivity contribution in [3.05, 3.63) is 0 Å². The van der Waals surface area contributed by atoms with Crippen molar-refractivity contribution in [1.29, 1.82) is 0 Å². The number of piperazine rings is 1. The molecule has 0 atom stereocenters. The van der Waals surface area contributed by atoms with Crippen LogP contribution in [-0.2, 0) is 14.8 Å². The number of carbonyl (C=O) groups is 1. The van der Waals surface area contributed by atoms with Gasteiger partial charge in [-0.25, -0.2) is 12.7 Å². The Balaban J connectivity index is 1.96. The smallest absolute Gasteiger partial charge is 0.242 e. The predicted octanol–water partition coefficient (Wildman–Crippen LogP) is -0.0715. The van der Waals surface area contributed by atoms with E-state index in [0.29, 0.717) is 38.6 Å². The Labute approximate surface area is 151 Å². The number of aliphatic imine (C=N–C) groups is 1. The van der Waals surface area contributed by atoms with Crippen LogP contribution in [0.4, 0.5) is 0 Å². The van der Waals surface area contributed by atoms with Crippen molar-refractivity contribution in [1.82, 2.24) is 19.4 Å². The minimum Gasteiger partial charge on any atom is -0.355 e. The number of hydrogen-bond donors (Lipinski definition) is 1. The van der Waals surface area contributed by atoms with Gasteiger partial charge in [0.15, 0.2) is 5.96 Å². The van der Waals surface area contributed by atoms with E-state index in [1.807, 2.05) is 23.6 Å². The summed E-state index contributed by atoms with van der Waals surface area (Å²) in [5.41, 5.74) is -0.292. The summed E-state index contributed by atoms with van der Waals surface area (Å²) in [6.45, 7) is 10.6. The molecule has 0 aromatic carbocycles. The molecule has 144 valence electrons. The summed E-state index contributed by atoms with van der Waals surface area (Å²) in [5.74, 6) is 0.958. The van der Waals surface area contributed by atoms with Gasteiger partial charge in [-0.2, -0.15) is 0 Å². The minimum atomic E-state index is -3.08. The predicted molar refractivity (Wildman–Crippen MR) is 99.0 cm³/mol. The van der Waals surface area contributed by atoms with Gasteiger partial charge < -0.3 is 15.1 Å². The van der Waals surface area contributed by atoms with Crippen LogP contribution in [0.1, 0.15) is 34.1 Å². The Morgan fingerprint density at radius 1 is 1.36 bits per heavy atom. The molecular weight excluding hydrogens is 342 g/mol. The zero-order valence-electron chi connectivity index (χ0n) is 15.9. The lowest BCUT2D eigenvalue weighted by molar-refractivity contribution is -0.145. The van der Waals surface area contributed by atoms with E-state index in [4.69, 9.17) is 0 Å². The normalized spacial score (nSPS) is 24.2.